The first-order valence-electron chi connectivity index (χ1n) is 6.59. The molecule has 106 valence electrons. The Morgan fingerprint density at radius 3 is 2.71 bits per heavy atom. The van der Waals surface area contributed by atoms with Gasteiger partial charge in [-0.15, -0.1) is 0 Å². The van der Waals surface area contributed by atoms with Crippen LogP contribution in [0.4, 0.5) is 0 Å². The molecular weight excluding hydrogens is 282 g/mol. The fourth-order valence-corrected chi connectivity index (χ4v) is 2.67. The number of nitrogens with zero attached hydrogens (tertiary/aromatic N) is 2. The van der Waals surface area contributed by atoms with Crippen molar-refractivity contribution >= 4 is 28.7 Å². The van der Waals surface area contributed by atoms with Gasteiger partial charge in [0.1, 0.15) is 6.33 Å². The van der Waals surface area contributed by atoms with Crippen LogP contribution < -0.4 is 5.43 Å². The van der Waals surface area contributed by atoms with Gasteiger partial charge in [-0.1, -0.05) is 24.3 Å². The summed E-state index contributed by atoms with van der Waals surface area (Å²) >= 11 is 1.76. The maximum atomic E-state index is 12.3. The number of carbonyl (C=O) groups excluding carboxylic acids is 1. The van der Waals surface area contributed by atoms with Crippen LogP contribution in [-0.2, 0) is 5.75 Å². The van der Waals surface area contributed by atoms with Crippen LogP contribution in [0.3, 0.4) is 0 Å². The number of hydrogen-bond acceptors (Lipinski definition) is 3. The first-order chi connectivity index (χ1) is 10.3. The standard InChI is InChI=1S/C16H15N3OS/c1-21-10-12-6-8-13(9-7-12)16(20)18-19-11-17-14-4-2-3-5-15(14)19/h2-9,11H,10H2,1H3,(H,18,20). The molecule has 2 aromatic carbocycles. The lowest BCUT2D eigenvalue weighted by Gasteiger charge is -2.07. The van der Waals surface area contributed by atoms with E-state index in [-0.39, 0.29) is 5.91 Å². The van der Waals surface area contributed by atoms with Crippen LogP contribution in [0.15, 0.2) is 54.9 Å². The van der Waals surface area contributed by atoms with Crippen molar-refractivity contribution < 1.29 is 4.79 Å². The van der Waals surface area contributed by atoms with Gasteiger partial charge in [0.2, 0.25) is 0 Å². The van der Waals surface area contributed by atoms with Gasteiger partial charge >= 0.3 is 0 Å². The van der Waals surface area contributed by atoms with Crippen LogP contribution in [0.1, 0.15) is 15.9 Å². The number of aromatic nitrogens is 2. The molecule has 0 spiro atoms. The van der Waals surface area contributed by atoms with Gasteiger partial charge in [-0.3, -0.25) is 10.2 Å². The lowest BCUT2D eigenvalue weighted by molar-refractivity contribution is 0.101. The molecule has 0 saturated heterocycles. The SMILES string of the molecule is CSCc1ccc(C(=O)Nn2cnc3ccccc32)cc1. The number of nitrogens with one attached hydrogen (secondary N) is 1. The number of carbonyl (C=O) groups is 1. The average Bonchev–Trinajstić information content (AvgIpc) is 2.92. The predicted octanol–water partition coefficient (Wildman–Crippen LogP) is 3.28. The van der Waals surface area contributed by atoms with Crippen LogP contribution in [-0.4, -0.2) is 21.8 Å². The Balaban J connectivity index is 1.79. The molecule has 0 radical (unpaired) electrons. The largest absolute Gasteiger partial charge is 0.270 e. The third-order valence-corrected chi connectivity index (χ3v) is 3.82. The Kier molecular flexibility index (Phi) is 3.92. The van der Waals surface area contributed by atoms with E-state index in [4.69, 9.17) is 0 Å². The zero-order valence-electron chi connectivity index (χ0n) is 11.6. The van der Waals surface area contributed by atoms with Crippen molar-refractivity contribution in [2.45, 2.75) is 5.75 Å². The van der Waals surface area contributed by atoms with Gasteiger partial charge in [-0.2, -0.15) is 11.8 Å². The minimum Gasteiger partial charge on any atom is -0.267 e. The molecule has 0 fully saturated rings. The summed E-state index contributed by atoms with van der Waals surface area (Å²) in [7, 11) is 0. The molecule has 1 amide bonds. The maximum absolute atomic E-state index is 12.3. The van der Waals surface area contributed by atoms with Gasteiger partial charge in [0.05, 0.1) is 11.0 Å². The Labute approximate surface area is 127 Å². The molecule has 21 heavy (non-hydrogen) atoms. The summed E-state index contributed by atoms with van der Waals surface area (Å²) < 4.78 is 1.65. The molecule has 0 aliphatic rings. The van der Waals surface area contributed by atoms with E-state index >= 15 is 0 Å². The molecule has 1 N–H and O–H groups in total. The van der Waals surface area contributed by atoms with Crippen LogP contribution in [0.5, 0.6) is 0 Å². The summed E-state index contributed by atoms with van der Waals surface area (Å²) in [5.74, 6) is 0.808. The number of fused-ring (bicyclic) bond motifs is 1. The van der Waals surface area contributed by atoms with Crippen molar-refractivity contribution in [1.29, 1.82) is 0 Å². The van der Waals surface area contributed by atoms with Crippen molar-refractivity contribution in [2.24, 2.45) is 0 Å². The minimum atomic E-state index is -0.145. The van der Waals surface area contributed by atoms with E-state index in [0.29, 0.717) is 5.56 Å². The highest BCUT2D eigenvalue weighted by Crippen LogP contribution is 2.12. The summed E-state index contributed by atoms with van der Waals surface area (Å²) in [6, 6.07) is 15.3. The third-order valence-electron chi connectivity index (χ3n) is 3.20. The number of imidazole rings is 1. The van der Waals surface area contributed by atoms with Crippen molar-refractivity contribution in [1.82, 2.24) is 9.66 Å². The van der Waals surface area contributed by atoms with Crippen molar-refractivity contribution in [2.75, 3.05) is 11.7 Å². The van der Waals surface area contributed by atoms with Crippen molar-refractivity contribution in [3.05, 3.63) is 66.0 Å². The lowest BCUT2D eigenvalue weighted by Crippen LogP contribution is -2.21. The Bertz CT molecular complexity index is 765. The van der Waals surface area contributed by atoms with Crippen LogP contribution in [0.2, 0.25) is 0 Å². The zero-order chi connectivity index (χ0) is 14.7. The summed E-state index contributed by atoms with van der Waals surface area (Å²) in [6.45, 7) is 0. The van der Waals surface area contributed by atoms with Gasteiger partial charge in [0, 0.05) is 11.3 Å². The van der Waals surface area contributed by atoms with Gasteiger partial charge in [-0.25, -0.2) is 9.66 Å². The quantitative estimate of drug-likeness (QED) is 0.804. The molecule has 3 rings (SSSR count). The van der Waals surface area contributed by atoms with Gasteiger partial charge < -0.3 is 0 Å². The summed E-state index contributed by atoms with van der Waals surface area (Å²) in [5.41, 5.74) is 6.43. The second-order valence-corrected chi connectivity index (χ2v) is 5.54. The first kappa shape index (κ1) is 13.7. The van der Waals surface area contributed by atoms with E-state index < -0.39 is 0 Å². The maximum Gasteiger partial charge on any atom is 0.270 e. The van der Waals surface area contributed by atoms with Gasteiger partial charge in [-0.05, 0) is 36.1 Å². The summed E-state index contributed by atoms with van der Waals surface area (Å²) in [6.07, 6.45) is 3.68. The summed E-state index contributed by atoms with van der Waals surface area (Å²) in [5, 5.41) is 0. The smallest absolute Gasteiger partial charge is 0.267 e. The topological polar surface area (TPSA) is 46.9 Å². The molecule has 0 atom stereocenters. The fraction of sp³-hybridized carbons (Fsp3) is 0.125. The van der Waals surface area contributed by atoms with E-state index in [1.165, 1.54) is 5.56 Å². The second kappa shape index (κ2) is 6.01. The monoisotopic (exact) mass is 297 g/mol. The Morgan fingerprint density at radius 1 is 1.19 bits per heavy atom. The number of thioether (sulfide) groups is 1. The van der Waals surface area contributed by atoms with E-state index in [9.17, 15) is 4.79 Å². The summed E-state index contributed by atoms with van der Waals surface area (Å²) in [4.78, 5) is 16.5. The number of amides is 1. The molecule has 0 bridgehead atoms. The number of hydrogen-bond donors (Lipinski definition) is 1. The predicted molar refractivity (Wildman–Crippen MR) is 87.1 cm³/mol. The van der Waals surface area contributed by atoms with Crippen LogP contribution in [0.25, 0.3) is 11.0 Å². The lowest BCUT2D eigenvalue weighted by atomic mass is 10.1. The molecular formula is C16H15N3OS. The Morgan fingerprint density at radius 2 is 1.95 bits per heavy atom. The minimum absolute atomic E-state index is 0.145. The van der Waals surface area contributed by atoms with Crippen molar-refractivity contribution in [3.8, 4) is 0 Å². The van der Waals surface area contributed by atoms with Crippen LogP contribution in [0, 0.1) is 0 Å². The second-order valence-electron chi connectivity index (χ2n) is 4.67. The highest BCUT2D eigenvalue weighted by molar-refractivity contribution is 7.97. The zero-order valence-corrected chi connectivity index (χ0v) is 12.4. The molecule has 0 aliphatic carbocycles. The molecule has 0 unspecified atom stereocenters. The van der Waals surface area contributed by atoms with Crippen molar-refractivity contribution in [3.63, 3.8) is 0 Å². The number of rotatable bonds is 4. The number of benzene rings is 2. The van der Waals surface area contributed by atoms with E-state index in [2.05, 4.69) is 16.7 Å². The van der Waals surface area contributed by atoms with E-state index in [0.717, 1.165) is 16.8 Å². The Hall–Kier alpha value is -2.27. The van der Waals surface area contributed by atoms with E-state index in [1.54, 1.807) is 22.8 Å². The molecule has 3 aromatic rings. The first-order valence-corrected chi connectivity index (χ1v) is 7.98. The third kappa shape index (κ3) is 2.92. The van der Waals surface area contributed by atoms with Gasteiger partial charge in [0.25, 0.3) is 5.91 Å². The average molecular weight is 297 g/mol. The van der Waals surface area contributed by atoms with Crippen LogP contribution >= 0.6 is 11.8 Å². The normalized spacial score (nSPS) is 10.7. The molecule has 5 heteroatoms. The fourth-order valence-electron chi connectivity index (χ4n) is 2.14. The highest BCUT2D eigenvalue weighted by atomic mass is 32.2. The molecule has 4 nitrogen and oxygen atoms in total. The van der Waals surface area contributed by atoms with Gasteiger partial charge in [0.15, 0.2) is 0 Å². The molecule has 1 aromatic heterocycles. The highest BCUT2D eigenvalue weighted by Gasteiger charge is 2.08. The number of para-hydroxylation sites is 2. The van der Waals surface area contributed by atoms with E-state index in [1.807, 2.05) is 48.5 Å². The molecule has 0 aliphatic heterocycles. The molecule has 0 saturated carbocycles. The molecule has 1 heterocycles.